The highest BCUT2D eigenvalue weighted by Gasteiger charge is 2.20. The normalized spacial score (nSPS) is 11.9. The first-order valence-corrected chi connectivity index (χ1v) is 6.46. The highest BCUT2D eigenvalue weighted by Crippen LogP contribution is 2.21. The number of carbonyl (C=O) groups excluding carboxylic acids is 1. The molecule has 1 atom stereocenters. The smallest absolute Gasteiger partial charge is 0.319 e. The van der Waals surface area contributed by atoms with E-state index in [0.717, 1.165) is 0 Å². The molecule has 0 spiro atoms. The van der Waals surface area contributed by atoms with Crippen molar-refractivity contribution in [2.24, 2.45) is 5.92 Å². The number of hydrogen-bond donors (Lipinski definition) is 3. The van der Waals surface area contributed by atoms with Gasteiger partial charge in [0.2, 0.25) is 0 Å². The molecule has 6 nitrogen and oxygen atoms in total. The highest BCUT2D eigenvalue weighted by atomic mass is 19.1. The number of anilines is 1. The SMILES string of the molecule is COc1ccc(F)c(NC(=O)NC(CC(=O)O)C(C)C)c1. The van der Waals surface area contributed by atoms with Crippen LogP contribution in [0.1, 0.15) is 20.3 Å². The van der Waals surface area contributed by atoms with Gasteiger partial charge in [-0.2, -0.15) is 0 Å². The minimum absolute atomic E-state index is 0.0373. The number of urea groups is 1. The van der Waals surface area contributed by atoms with Gasteiger partial charge in [0.1, 0.15) is 11.6 Å². The molecule has 0 saturated heterocycles. The number of carboxylic acids is 1. The van der Waals surface area contributed by atoms with E-state index in [1.807, 2.05) is 0 Å². The Kier molecular flexibility index (Phi) is 5.95. The minimum atomic E-state index is -1.01. The largest absolute Gasteiger partial charge is 0.497 e. The van der Waals surface area contributed by atoms with Gasteiger partial charge in [-0.3, -0.25) is 4.79 Å². The zero-order valence-corrected chi connectivity index (χ0v) is 12.1. The van der Waals surface area contributed by atoms with E-state index in [1.165, 1.54) is 25.3 Å². The van der Waals surface area contributed by atoms with Gasteiger partial charge in [-0.25, -0.2) is 9.18 Å². The fourth-order valence-electron chi connectivity index (χ4n) is 1.70. The Hall–Kier alpha value is -2.31. The molecule has 3 N–H and O–H groups in total. The van der Waals surface area contributed by atoms with E-state index in [2.05, 4.69) is 10.6 Å². The Labute approximate surface area is 122 Å². The third kappa shape index (κ3) is 5.29. The lowest BCUT2D eigenvalue weighted by Gasteiger charge is -2.21. The lowest BCUT2D eigenvalue weighted by atomic mass is 10.0. The summed E-state index contributed by atoms with van der Waals surface area (Å²) in [6.45, 7) is 3.58. The van der Waals surface area contributed by atoms with Crippen LogP contribution in [0.15, 0.2) is 18.2 Å². The molecule has 0 aliphatic carbocycles. The predicted octanol–water partition coefficient (Wildman–Crippen LogP) is 2.46. The van der Waals surface area contributed by atoms with E-state index < -0.39 is 23.9 Å². The number of nitrogens with one attached hydrogen (secondary N) is 2. The topological polar surface area (TPSA) is 87.7 Å². The third-order valence-corrected chi connectivity index (χ3v) is 2.94. The summed E-state index contributed by atoms with van der Waals surface area (Å²) >= 11 is 0. The molecule has 0 saturated carbocycles. The Balaban J connectivity index is 2.74. The van der Waals surface area contributed by atoms with Crippen LogP contribution in [0.3, 0.4) is 0 Å². The van der Waals surface area contributed by atoms with E-state index >= 15 is 0 Å². The van der Waals surface area contributed by atoms with Gasteiger partial charge in [0.25, 0.3) is 0 Å². The maximum Gasteiger partial charge on any atom is 0.319 e. The fraction of sp³-hybridized carbons (Fsp3) is 0.429. The Morgan fingerprint density at radius 3 is 2.57 bits per heavy atom. The molecule has 0 bridgehead atoms. The summed E-state index contributed by atoms with van der Waals surface area (Å²) in [5, 5.41) is 13.7. The standard InChI is InChI=1S/C14H19FN2O4/c1-8(2)11(7-13(18)19)16-14(20)17-12-6-9(21-3)4-5-10(12)15/h4-6,8,11H,7H2,1-3H3,(H,18,19)(H2,16,17,20). The summed E-state index contributed by atoms with van der Waals surface area (Å²) in [4.78, 5) is 22.6. The number of carbonyl (C=O) groups is 2. The number of aliphatic carboxylic acids is 1. The summed E-state index contributed by atoms with van der Waals surface area (Å²) in [7, 11) is 1.43. The van der Waals surface area contributed by atoms with Crippen LogP contribution in [0.25, 0.3) is 0 Å². The van der Waals surface area contributed by atoms with Gasteiger partial charge in [-0.05, 0) is 18.1 Å². The van der Waals surface area contributed by atoms with E-state index in [1.54, 1.807) is 13.8 Å². The van der Waals surface area contributed by atoms with Gasteiger partial charge >= 0.3 is 12.0 Å². The quantitative estimate of drug-likeness (QED) is 0.752. The molecule has 2 amide bonds. The van der Waals surface area contributed by atoms with Crippen LogP contribution in [-0.2, 0) is 4.79 Å². The Morgan fingerprint density at radius 1 is 1.38 bits per heavy atom. The van der Waals surface area contributed by atoms with Crippen molar-refractivity contribution in [3.05, 3.63) is 24.0 Å². The van der Waals surface area contributed by atoms with Crippen LogP contribution in [0.5, 0.6) is 5.75 Å². The zero-order chi connectivity index (χ0) is 16.0. The predicted molar refractivity (Wildman–Crippen MR) is 76.0 cm³/mol. The molecular weight excluding hydrogens is 279 g/mol. The first-order chi connectivity index (χ1) is 9.83. The van der Waals surface area contributed by atoms with Crippen molar-refractivity contribution in [2.75, 3.05) is 12.4 Å². The average Bonchev–Trinajstić information content (AvgIpc) is 2.39. The van der Waals surface area contributed by atoms with Crippen LogP contribution < -0.4 is 15.4 Å². The molecule has 1 aromatic rings. The number of carboxylic acid groups (broad SMARTS) is 1. The molecule has 21 heavy (non-hydrogen) atoms. The van der Waals surface area contributed by atoms with Gasteiger partial charge in [0.05, 0.1) is 19.2 Å². The summed E-state index contributed by atoms with van der Waals surface area (Å²) < 4.78 is 18.5. The summed E-state index contributed by atoms with van der Waals surface area (Å²) in [6.07, 6.45) is -0.203. The molecular formula is C14H19FN2O4. The van der Waals surface area contributed by atoms with Crippen molar-refractivity contribution < 1.29 is 23.8 Å². The van der Waals surface area contributed by atoms with E-state index in [0.29, 0.717) is 5.75 Å². The monoisotopic (exact) mass is 298 g/mol. The number of rotatable bonds is 6. The van der Waals surface area contributed by atoms with Crippen LogP contribution in [0.4, 0.5) is 14.9 Å². The summed E-state index contributed by atoms with van der Waals surface area (Å²) in [5.41, 5.74) is -0.0373. The maximum atomic E-state index is 13.6. The second-order valence-electron chi connectivity index (χ2n) is 4.89. The average molecular weight is 298 g/mol. The molecule has 0 fully saturated rings. The number of amides is 2. The van der Waals surface area contributed by atoms with Crippen molar-refractivity contribution in [1.82, 2.24) is 5.32 Å². The first kappa shape index (κ1) is 16.7. The lowest BCUT2D eigenvalue weighted by molar-refractivity contribution is -0.137. The Bertz CT molecular complexity index is 520. The minimum Gasteiger partial charge on any atom is -0.497 e. The number of benzene rings is 1. The summed E-state index contributed by atoms with van der Waals surface area (Å²) in [6, 6.07) is 2.74. The van der Waals surface area contributed by atoms with E-state index in [-0.39, 0.29) is 18.0 Å². The Morgan fingerprint density at radius 2 is 2.05 bits per heavy atom. The van der Waals surface area contributed by atoms with Crippen LogP contribution in [0.2, 0.25) is 0 Å². The molecule has 0 aromatic heterocycles. The maximum absolute atomic E-state index is 13.6. The molecule has 1 rings (SSSR count). The highest BCUT2D eigenvalue weighted by molar-refractivity contribution is 5.90. The van der Waals surface area contributed by atoms with E-state index in [4.69, 9.17) is 9.84 Å². The summed E-state index contributed by atoms with van der Waals surface area (Å²) in [5.74, 6) is -1.29. The van der Waals surface area contributed by atoms with Gasteiger partial charge in [0.15, 0.2) is 0 Å². The molecule has 0 aliphatic rings. The second kappa shape index (κ2) is 7.47. The molecule has 0 radical (unpaired) electrons. The molecule has 7 heteroatoms. The molecule has 0 heterocycles. The van der Waals surface area contributed by atoms with Crippen LogP contribution >= 0.6 is 0 Å². The molecule has 0 aliphatic heterocycles. The molecule has 1 unspecified atom stereocenters. The van der Waals surface area contributed by atoms with Gasteiger partial charge < -0.3 is 20.5 Å². The van der Waals surface area contributed by atoms with E-state index in [9.17, 15) is 14.0 Å². The second-order valence-corrected chi connectivity index (χ2v) is 4.89. The van der Waals surface area contributed by atoms with Crippen molar-refractivity contribution in [3.63, 3.8) is 0 Å². The number of hydrogen-bond acceptors (Lipinski definition) is 3. The molecule has 116 valence electrons. The van der Waals surface area contributed by atoms with Crippen LogP contribution in [0, 0.1) is 11.7 Å². The molecule has 1 aromatic carbocycles. The first-order valence-electron chi connectivity index (χ1n) is 6.46. The van der Waals surface area contributed by atoms with Gasteiger partial charge in [-0.1, -0.05) is 13.8 Å². The number of methoxy groups -OCH3 is 1. The van der Waals surface area contributed by atoms with Gasteiger partial charge in [-0.15, -0.1) is 0 Å². The van der Waals surface area contributed by atoms with Gasteiger partial charge in [0, 0.05) is 12.1 Å². The van der Waals surface area contributed by atoms with Crippen molar-refractivity contribution >= 4 is 17.7 Å². The van der Waals surface area contributed by atoms with Crippen molar-refractivity contribution in [1.29, 1.82) is 0 Å². The number of halogens is 1. The van der Waals surface area contributed by atoms with Crippen molar-refractivity contribution in [2.45, 2.75) is 26.3 Å². The van der Waals surface area contributed by atoms with Crippen LogP contribution in [-0.4, -0.2) is 30.3 Å². The zero-order valence-electron chi connectivity index (χ0n) is 12.1. The third-order valence-electron chi connectivity index (χ3n) is 2.94. The lowest BCUT2D eigenvalue weighted by Crippen LogP contribution is -2.42. The fourth-order valence-corrected chi connectivity index (χ4v) is 1.70. The van der Waals surface area contributed by atoms with Crippen molar-refractivity contribution in [3.8, 4) is 5.75 Å². The number of ether oxygens (including phenoxy) is 1.